The van der Waals surface area contributed by atoms with Crippen molar-refractivity contribution in [1.29, 1.82) is 0 Å². The molecule has 11 heteroatoms. The highest BCUT2D eigenvalue weighted by molar-refractivity contribution is 6.05. The molecule has 3 N–H and O–H groups in total. The molecule has 11 nitrogen and oxygen atoms in total. The molecule has 0 bridgehead atoms. The number of fused-ring (bicyclic) bond motifs is 2. The van der Waals surface area contributed by atoms with Gasteiger partial charge in [0.05, 0.1) is 29.4 Å². The van der Waals surface area contributed by atoms with Crippen LogP contribution in [-0.2, 0) is 7.05 Å². The molecule has 4 heterocycles. The molecule has 196 valence electrons. The molecule has 40 heavy (non-hydrogen) atoms. The Labute approximate surface area is 227 Å². The van der Waals surface area contributed by atoms with Crippen molar-refractivity contribution in [3.05, 3.63) is 112 Å². The number of para-hydroxylation sites is 1. The second-order valence-corrected chi connectivity index (χ2v) is 9.22. The number of rotatable bonds is 4. The Kier molecular flexibility index (Phi) is 6.05. The van der Waals surface area contributed by atoms with Crippen LogP contribution in [0.2, 0.25) is 0 Å². The molecule has 6 aromatic rings. The molecule has 0 aliphatic heterocycles. The minimum Gasteiger partial charge on any atom is -0.381 e. The lowest BCUT2D eigenvalue weighted by atomic mass is 10.0. The van der Waals surface area contributed by atoms with E-state index in [0.717, 1.165) is 5.56 Å². The van der Waals surface area contributed by atoms with E-state index in [2.05, 4.69) is 37.7 Å². The van der Waals surface area contributed by atoms with E-state index >= 15 is 0 Å². The Morgan fingerprint density at radius 3 is 2.67 bits per heavy atom. The quantitative estimate of drug-likeness (QED) is 0.335. The van der Waals surface area contributed by atoms with Crippen LogP contribution in [-0.4, -0.2) is 40.3 Å². The molecule has 2 aromatic carbocycles. The zero-order valence-electron chi connectivity index (χ0n) is 21.6. The number of benzene rings is 2. The van der Waals surface area contributed by atoms with Crippen molar-refractivity contribution in [2.24, 2.45) is 7.05 Å². The lowest BCUT2D eigenvalue weighted by Crippen LogP contribution is -2.32. The van der Waals surface area contributed by atoms with E-state index in [1.807, 2.05) is 74.8 Å². The van der Waals surface area contributed by atoms with Crippen molar-refractivity contribution in [3.63, 3.8) is 0 Å². The third kappa shape index (κ3) is 4.33. The van der Waals surface area contributed by atoms with Gasteiger partial charge >= 0.3 is 0 Å². The number of pyridine rings is 1. The van der Waals surface area contributed by atoms with Crippen LogP contribution in [0.4, 0.5) is 5.82 Å². The number of aryl methyl sites for hydroxylation is 1. The molecule has 0 aliphatic carbocycles. The summed E-state index contributed by atoms with van der Waals surface area (Å²) < 4.78 is 4.48. The van der Waals surface area contributed by atoms with Crippen molar-refractivity contribution >= 4 is 28.0 Å². The van der Waals surface area contributed by atoms with Gasteiger partial charge < -0.3 is 11.1 Å². The zero-order chi connectivity index (χ0) is 27.8. The van der Waals surface area contributed by atoms with Gasteiger partial charge in [0.25, 0.3) is 11.5 Å². The van der Waals surface area contributed by atoms with Crippen LogP contribution >= 0.6 is 0 Å². The lowest BCUT2D eigenvalue weighted by Gasteiger charge is -2.21. The van der Waals surface area contributed by atoms with Gasteiger partial charge in [-0.05, 0) is 47.9 Å². The second-order valence-electron chi connectivity index (χ2n) is 9.22. The number of carbonyl (C=O) groups excluding carboxylic acids is 1. The van der Waals surface area contributed by atoms with Gasteiger partial charge in [-0.3, -0.25) is 18.8 Å². The smallest absolute Gasteiger partial charge is 0.264 e. The highest BCUT2D eigenvalue weighted by Crippen LogP contribution is 2.24. The van der Waals surface area contributed by atoms with E-state index in [4.69, 9.17) is 5.73 Å². The molecular formula is C29H23N9O2. The molecule has 0 unspecified atom stereocenters. The molecular weight excluding hydrogens is 506 g/mol. The van der Waals surface area contributed by atoms with E-state index < -0.39 is 11.9 Å². The number of anilines is 1. The lowest BCUT2D eigenvalue weighted by molar-refractivity contribution is 0.0941. The number of amides is 1. The van der Waals surface area contributed by atoms with Gasteiger partial charge in [0.1, 0.15) is 11.1 Å². The largest absolute Gasteiger partial charge is 0.381 e. The summed E-state index contributed by atoms with van der Waals surface area (Å²) in [4.78, 5) is 27.5. The summed E-state index contributed by atoms with van der Waals surface area (Å²) in [6.07, 6.45) is 4.94. The number of nitrogens with zero attached hydrogens (tertiary/aromatic N) is 7. The maximum absolute atomic E-state index is 14.2. The molecule has 4 aromatic heterocycles. The third-order valence-electron chi connectivity index (χ3n) is 6.52. The first kappa shape index (κ1) is 24.6. The van der Waals surface area contributed by atoms with Crippen LogP contribution < -0.4 is 16.6 Å². The Morgan fingerprint density at radius 2 is 1.90 bits per heavy atom. The summed E-state index contributed by atoms with van der Waals surface area (Å²) in [7, 11) is 1.82. The number of hydrogen-bond donors (Lipinski definition) is 2. The minimum atomic E-state index is -0.584. The fraction of sp³-hybridized carbons (Fsp3) is 0.103. The zero-order valence-corrected chi connectivity index (χ0v) is 21.6. The van der Waals surface area contributed by atoms with E-state index in [0.29, 0.717) is 33.2 Å². The average Bonchev–Trinajstić information content (AvgIpc) is 3.53. The first-order valence-electron chi connectivity index (χ1n) is 12.4. The number of carbonyl (C=O) groups is 1. The van der Waals surface area contributed by atoms with Crippen LogP contribution in [0.15, 0.2) is 84.0 Å². The van der Waals surface area contributed by atoms with E-state index in [1.54, 1.807) is 21.5 Å². The summed E-state index contributed by atoms with van der Waals surface area (Å²) in [5.41, 5.74) is 8.99. The molecule has 0 saturated carbocycles. The number of aromatic nitrogens is 7. The molecule has 1 atom stereocenters. The van der Waals surface area contributed by atoms with Crippen LogP contribution in [0.1, 0.15) is 40.1 Å². The van der Waals surface area contributed by atoms with Crippen LogP contribution in [0.3, 0.4) is 0 Å². The van der Waals surface area contributed by atoms with Gasteiger partial charge in [-0.2, -0.15) is 5.10 Å². The molecule has 0 spiro atoms. The van der Waals surface area contributed by atoms with Crippen molar-refractivity contribution < 1.29 is 4.79 Å². The fourth-order valence-corrected chi connectivity index (χ4v) is 4.69. The first-order valence-corrected chi connectivity index (χ1v) is 12.4. The Morgan fingerprint density at radius 1 is 1.07 bits per heavy atom. The maximum Gasteiger partial charge on any atom is 0.264 e. The van der Waals surface area contributed by atoms with E-state index in [9.17, 15) is 9.59 Å². The van der Waals surface area contributed by atoms with Crippen LogP contribution in [0.5, 0.6) is 0 Å². The standard InChI is InChI=1S/C29H23N9O2/c1-18(33-28(39)26-23-13-14-31-35-38(23)34-27(26)30)24-15-21-8-6-7-20(12-11-19-16-32-36(2)17-19)25(21)29(40)37(24)22-9-4-3-5-10-22/h3-10,13-18H,1-2H3,(H2,30,34)(H,33,39)/t18-/m0/s1. The van der Waals surface area contributed by atoms with Crippen molar-refractivity contribution in [3.8, 4) is 17.5 Å². The summed E-state index contributed by atoms with van der Waals surface area (Å²) >= 11 is 0. The van der Waals surface area contributed by atoms with Gasteiger partial charge in [0.2, 0.25) is 0 Å². The topological polar surface area (TPSA) is 138 Å². The Balaban J connectivity index is 1.48. The molecule has 0 saturated heterocycles. The highest BCUT2D eigenvalue weighted by Gasteiger charge is 2.23. The SMILES string of the molecule is C[C@H](NC(=O)c1c(N)nn2nnccc12)c1cc2cccc(C#Cc3cnn(C)c3)c2c(=O)n1-c1ccccc1. The highest BCUT2D eigenvalue weighted by atomic mass is 16.2. The second kappa shape index (κ2) is 9.85. The maximum atomic E-state index is 14.2. The Hall–Kier alpha value is -5.76. The van der Waals surface area contributed by atoms with Gasteiger partial charge in [0, 0.05) is 30.2 Å². The minimum absolute atomic E-state index is 0.0287. The van der Waals surface area contributed by atoms with Gasteiger partial charge in [-0.15, -0.1) is 14.8 Å². The van der Waals surface area contributed by atoms with E-state index in [-0.39, 0.29) is 16.9 Å². The number of nitrogens with two attached hydrogens (primary N) is 1. The predicted molar refractivity (Wildman–Crippen MR) is 150 cm³/mol. The summed E-state index contributed by atoms with van der Waals surface area (Å²) in [5, 5.41) is 20.0. The van der Waals surface area contributed by atoms with Crippen LogP contribution in [0.25, 0.3) is 22.0 Å². The first-order chi connectivity index (χ1) is 19.4. The summed E-state index contributed by atoms with van der Waals surface area (Å²) in [6.45, 7) is 1.81. The van der Waals surface area contributed by atoms with Gasteiger partial charge in [0.15, 0.2) is 5.82 Å². The van der Waals surface area contributed by atoms with Crippen molar-refractivity contribution in [2.75, 3.05) is 5.73 Å². The average molecular weight is 530 g/mol. The fourth-order valence-electron chi connectivity index (χ4n) is 4.69. The van der Waals surface area contributed by atoms with Gasteiger partial charge in [-0.1, -0.05) is 42.2 Å². The monoisotopic (exact) mass is 529 g/mol. The summed E-state index contributed by atoms with van der Waals surface area (Å²) in [6, 6.07) is 17.7. The third-order valence-corrected chi connectivity index (χ3v) is 6.52. The van der Waals surface area contributed by atoms with Crippen LogP contribution in [0, 0.1) is 11.8 Å². The summed E-state index contributed by atoms with van der Waals surface area (Å²) in [5.74, 6) is 5.81. The number of nitrogens with one attached hydrogen (secondary N) is 1. The normalized spacial score (nSPS) is 11.8. The van der Waals surface area contributed by atoms with Crippen molar-refractivity contribution in [2.45, 2.75) is 13.0 Å². The number of nitrogen functional groups attached to an aromatic ring is 1. The molecule has 6 rings (SSSR count). The molecule has 0 fully saturated rings. The van der Waals surface area contributed by atoms with E-state index in [1.165, 1.54) is 10.8 Å². The predicted octanol–water partition coefficient (Wildman–Crippen LogP) is 2.63. The molecule has 0 radical (unpaired) electrons. The van der Waals surface area contributed by atoms with Crippen molar-refractivity contribution in [1.82, 2.24) is 39.7 Å². The number of hydrogen-bond acceptors (Lipinski definition) is 7. The Bertz CT molecular complexity index is 2030. The molecule has 0 aliphatic rings. The molecule has 1 amide bonds. The van der Waals surface area contributed by atoms with Gasteiger partial charge in [-0.25, -0.2) is 0 Å².